The number of hydrogen-bond acceptors (Lipinski definition) is 6. The maximum absolute atomic E-state index is 13.7. The first-order valence-electron chi connectivity index (χ1n) is 9.78. The first-order valence-corrected chi connectivity index (χ1v) is 10.6. The second-order valence-electron chi connectivity index (χ2n) is 6.93. The molecular weight excluding hydrogens is 421 g/mol. The van der Waals surface area contributed by atoms with Crippen LogP contribution in [0.2, 0.25) is 0 Å². The third-order valence-electron chi connectivity index (χ3n) is 4.60. The van der Waals surface area contributed by atoms with E-state index in [0.29, 0.717) is 23.3 Å². The fourth-order valence-corrected chi connectivity index (χ4v) is 3.54. The zero-order valence-electron chi connectivity index (χ0n) is 17.2. The predicted octanol–water partition coefficient (Wildman–Crippen LogP) is 4.78. The highest BCUT2D eigenvalue weighted by molar-refractivity contribution is 8.18. The van der Waals surface area contributed by atoms with E-state index in [0.717, 1.165) is 16.7 Å². The first-order chi connectivity index (χ1) is 14.9. The number of hydrogen-bond donors (Lipinski definition) is 0. The van der Waals surface area contributed by atoms with Crippen LogP contribution in [-0.4, -0.2) is 34.7 Å². The first kappa shape index (κ1) is 22.6. The molecule has 31 heavy (non-hydrogen) atoms. The van der Waals surface area contributed by atoms with Crippen LogP contribution >= 0.6 is 11.8 Å². The van der Waals surface area contributed by atoms with Gasteiger partial charge in [0.25, 0.3) is 11.1 Å². The second-order valence-corrected chi connectivity index (χ2v) is 7.92. The number of halogens is 1. The predicted molar refractivity (Wildman–Crippen MR) is 116 cm³/mol. The largest absolute Gasteiger partial charge is 0.489 e. The van der Waals surface area contributed by atoms with Crippen LogP contribution < -0.4 is 4.74 Å². The fourth-order valence-electron chi connectivity index (χ4n) is 2.70. The quantitative estimate of drug-likeness (QED) is 0.432. The van der Waals surface area contributed by atoms with Gasteiger partial charge in [-0.15, -0.1) is 0 Å². The molecule has 0 aliphatic carbocycles. The van der Waals surface area contributed by atoms with Crippen molar-refractivity contribution in [1.82, 2.24) is 4.90 Å². The number of ether oxygens (including phenoxy) is 2. The van der Waals surface area contributed by atoms with Crippen molar-refractivity contribution < 1.29 is 28.2 Å². The number of esters is 1. The summed E-state index contributed by atoms with van der Waals surface area (Å²) in [4.78, 5) is 37.7. The van der Waals surface area contributed by atoms with E-state index in [1.54, 1.807) is 55.5 Å². The van der Waals surface area contributed by atoms with Gasteiger partial charge in [0.1, 0.15) is 24.7 Å². The fraction of sp³-hybridized carbons (Fsp3) is 0.261. The molecule has 0 bridgehead atoms. The van der Waals surface area contributed by atoms with Crippen molar-refractivity contribution >= 4 is 35.0 Å². The lowest BCUT2D eigenvalue weighted by atomic mass is 10.2. The molecule has 0 spiro atoms. The van der Waals surface area contributed by atoms with Gasteiger partial charge < -0.3 is 9.47 Å². The number of imide groups is 1. The lowest BCUT2D eigenvalue weighted by Crippen LogP contribution is -2.35. The Morgan fingerprint density at radius 2 is 1.87 bits per heavy atom. The highest BCUT2D eigenvalue weighted by atomic mass is 32.2. The molecule has 3 rings (SSSR count). The minimum atomic E-state index is -0.616. The molecule has 0 saturated carbocycles. The molecule has 0 radical (unpaired) electrons. The van der Waals surface area contributed by atoms with Gasteiger partial charge in [-0.1, -0.05) is 37.3 Å². The van der Waals surface area contributed by atoms with Crippen molar-refractivity contribution in [3.63, 3.8) is 0 Å². The van der Waals surface area contributed by atoms with Gasteiger partial charge in [-0.3, -0.25) is 19.3 Å². The van der Waals surface area contributed by atoms with Crippen molar-refractivity contribution in [2.75, 3.05) is 6.54 Å². The molecule has 162 valence electrons. The van der Waals surface area contributed by atoms with Crippen LogP contribution in [0.5, 0.6) is 5.75 Å². The van der Waals surface area contributed by atoms with E-state index in [2.05, 4.69) is 0 Å². The third kappa shape index (κ3) is 5.95. The van der Waals surface area contributed by atoms with Crippen molar-refractivity contribution in [1.29, 1.82) is 0 Å². The number of thioether (sulfide) groups is 1. The smallest absolute Gasteiger partial charge is 0.326 e. The van der Waals surface area contributed by atoms with Gasteiger partial charge in [0, 0.05) is 5.56 Å². The Morgan fingerprint density at radius 1 is 1.16 bits per heavy atom. The van der Waals surface area contributed by atoms with Crippen LogP contribution in [0.4, 0.5) is 9.18 Å². The summed E-state index contributed by atoms with van der Waals surface area (Å²) in [6, 6.07) is 13.2. The second kappa shape index (κ2) is 10.3. The Hall–Kier alpha value is -3.13. The van der Waals surface area contributed by atoms with Crippen molar-refractivity contribution in [3.8, 4) is 5.75 Å². The molecule has 1 fully saturated rings. The molecule has 1 atom stereocenters. The average molecular weight is 443 g/mol. The average Bonchev–Trinajstić information content (AvgIpc) is 3.01. The standard InChI is InChI=1S/C23H22FNO5S/c1-3-15(2)30-21(26)13-25-22(27)20(31-23(25)28)12-16-8-10-18(11-9-16)29-14-17-6-4-5-7-19(17)24/h4-12,15H,3,13-14H2,1-2H3/b20-12+/t15-/m1/s1. The summed E-state index contributed by atoms with van der Waals surface area (Å²) in [7, 11) is 0. The SMILES string of the molecule is CC[C@@H](C)OC(=O)CN1C(=O)S/C(=C/c2ccc(OCc3ccccc3F)cc2)C1=O. The summed E-state index contributed by atoms with van der Waals surface area (Å²) in [5, 5.41) is -0.512. The molecule has 0 unspecified atom stereocenters. The van der Waals surface area contributed by atoms with Crippen LogP contribution in [0.3, 0.4) is 0 Å². The summed E-state index contributed by atoms with van der Waals surface area (Å²) < 4.78 is 24.4. The summed E-state index contributed by atoms with van der Waals surface area (Å²) in [5.41, 5.74) is 1.14. The minimum Gasteiger partial charge on any atom is -0.489 e. The molecule has 0 N–H and O–H groups in total. The lowest BCUT2D eigenvalue weighted by molar-refractivity contribution is -0.150. The van der Waals surface area contributed by atoms with E-state index < -0.39 is 23.7 Å². The third-order valence-corrected chi connectivity index (χ3v) is 5.51. The molecule has 1 heterocycles. The van der Waals surface area contributed by atoms with Gasteiger partial charge in [-0.2, -0.15) is 0 Å². The zero-order valence-corrected chi connectivity index (χ0v) is 18.0. The highest BCUT2D eigenvalue weighted by Crippen LogP contribution is 2.32. The zero-order chi connectivity index (χ0) is 22.4. The van der Waals surface area contributed by atoms with Gasteiger partial charge in [0.15, 0.2) is 0 Å². The summed E-state index contributed by atoms with van der Waals surface area (Å²) in [6.45, 7) is 3.30. The molecular formula is C23H22FNO5S. The van der Waals surface area contributed by atoms with Crippen molar-refractivity contribution in [2.45, 2.75) is 33.0 Å². The number of carbonyl (C=O) groups is 3. The molecule has 2 aromatic carbocycles. The Morgan fingerprint density at radius 3 is 2.55 bits per heavy atom. The lowest BCUT2D eigenvalue weighted by Gasteiger charge is -2.14. The maximum Gasteiger partial charge on any atom is 0.326 e. The topological polar surface area (TPSA) is 72.9 Å². The van der Waals surface area contributed by atoms with Gasteiger partial charge in [-0.05, 0) is 54.9 Å². The molecule has 1 saturated heterocycles. The Labute approximate surface area is 184 Å². The Balaban J connectivity index is 1.61. The number of carbonyl (C=O) groups excluding carboxylic acids is 3. The van der Waals surface area contributed by atoms with E-state index in [1.807, 2.05) is 6.92 Å². The van der Waals surface area contributed by atoms with E-state index in [1.165, 1.54) is 6.07 Å². The molecule has 2 amide bonds. The van der Waals surface area contributed by atoms with E-state index in [9.17, 15) is 18.8 Å². The van der Waals surface area contributed by atoms with Gasteiger partial charge in [-0.25, -0.2) is 4.39 Å². The molecule has 8 heteroatoms. The number of rotatable bonds is 8. The monoisotopic (exact) mass is 443 g/mol. The molecule has 1 aliphatic rings. The highest BCUT2D eigenvalue weighted by Gasteiger charge is 2.36. The molecule has 6 nitrogen and oxygen atoms in total. The van der Waals surface area contributed by atoms with Crippen LogP contribution in [0, 0.1) is 5.82 Å². The van der Waals surface area contributed by atoms with Gasteiger partial charge >= 0.3 is 5.97 Å². The maximum atomic E-state index is 13.7. The normalized spacial score (nSPS) is 16.0. The summed E-state index contributed by atoms with van der Waals surface area (Å²) in [6.07, 6.45) is 1.95. The van der Waals surface area contributed by atoms with Gasteiger partial charge in [0.2, 0.25) is 0 Å². The van der Waals surface area contributed by atoms with Crippen LogP contribution in [-0.2, 0) is 20.9 Å². The van der Waals surface area contributed by atoms with Crippen LogP contribution in [0.15, 0.2) is 53.4 Å². The molecule has 2 aromatic rings. The van der Waals surface area contributed by atoms with Crippen LogP contribution in [0.25, 0.3) is 6.08 Å². The Kier molecular flexibility index (Phi) is 7.46. The molecule has 0 aromatic heterocycles. The van der Waals surface area contributed by atoms with Crippen molar-refractivity contribution in [3.05, 3.63) is 70.4 Å². The van der Waals surface area contributed by atoms with E-state index in [-0.39, 0.29) is 23.4 Å². The Bertz CT molecular complexity index is 1010. The van der Waals surface area contributed by atoms with E-state index >= 15 is 0 Å². The van der Waals surface area contributed by atoms with Gasteiger partial charge in [0.05, 0.1) is 11.0 Å². The van der Waals surface area contributed by atoms with Crippen molar-refractivity contribution in [2.24, 2.45) is 0 Å². The number of benzene rings is 2. The van der Waals surface area contributed by atoms with E-state index in [4.69, 9.17) is 9.47 Å². The number of nitrogens with zero attached hydrogens (tertiary/aromatic N) is 1. The minimum absolute atomic E-state index is 0.0949. The molecule has 1 aliphatic heterocycles. The van der Waals surface area contributed by atoms with Crippen LogP contribution in [0.1, 0.15) is 31.4 Å². The summed E-state index contributed by atoms with van der Waals surface area (Å²) >= 11 is 0.774. The summed E-state index contributed by atoms with van der Waals surface area (Å²) in [5.74, 6) is -0.936. The number of amides is 2.